The van der Waals surface area contributed by atoms with Gasteiger partial charge in [0.05, 0.1) is 16.6 Å². The summed E-state index contributed by atoms with van der Waals surface area (Å²) in [5.74, 6) is 0. The van der Waals surface area contributed by atoms with Crippen LogP contribution in [0.25, 0.3) is 115 Å². The molecule has 2 aliphatic carbocycles. The van der Waals surface area contributed by atoms with Gasteiger partial charge in [-0.1, -0.05) is 186 Å². The first-order valence-electron chi connectivity index (χ1n) is 20.1. The van der Waals surface area contributed by atoms with E-state index in [0.29, 0.717) is 0 Å². The molecule has 0 unspecified atom stereocenters. The zero-order valence-corrected chi connectivity index (χ0v) is 33.5. The maximum Gasteiger partial charge on any atom is 0.0625 e. The number of halogens is 1. The average molecular weight is 816 g/mol. The van der Waals surface area contributed by atoms with Crippen molar-refractivity contribution in [3.05, 3.63) is 211 Å². The molecule has 0 saturated carbocycles. The number of nitrogens with zero attached hydrogens (tertiary/aromatic N) is 1. The van der Waals surface area contributed by atoms with Crippen LogP contribution in [0.15, 0.2) is 211 Å². The Labute approximate surface area is 349 Å². The van der Waals surface area contributed by atoms with Crippen molar-refractivity contribution in [3.63, 3.8) is 0 Å². The third-order valence-corrected chi connectivity index (χ3v) is 12.7. The average Bonchev–Trinajstić information content (AvgIpc) is 4.03. The minimum Gasteiger partial charge on any atom is -0.354 e. The maximum absolute atomic E-state index is 3.66. The van der Waals surface area contributed by atoms with Gasteiger partial charge in [-0.25, -0.2) is 0 Å². The van der Waals surface area contributed by atoms with E-state index in [1.54, 1.807) is 0 Å². The van der Waals surface area contributed by atoms with Gasteiger partial charge in [-0.2, -0.15) is 0 Å². The lowest BCUT2D eigenvalue weighted by Crippen LogP contribution is -1.95. The van der Waals surface area contributed by atoms with Gasteiger partial charge in [0.1, 0.15) is 0 Å². The zero-order valence-electron chi connectivity index (χ0n) is 32.0. The fraction of sp³-hybridized carbons (Fsp3) is 0. The van der Waals surface area contributed by atoms with E-state index in [9.17, 15) is 0 Å². The van der Waals surface area contributed by atoms with Crippen LogP contribution in [-0.2, 0) is 0 Å². The Morgan fingerprint density at radius 1 is 0.356 bits per heavy atom. The molecule has 59 heavy (non-hydrogen) atoms. The summed E-state index contributed by atoms with van der Waals surface area (Å²) in [5, 5.41) is 10.6. The Balaban J connectivity index is 0.000000112. The van der Waals surface area contributed by atoms with Crippen LogP contribution < -0.4 is 0 Å². The minimum atomic E-state index is 1.13. The van der Waals surface area contributed by atoms with Gasteiger partial charge in [0, 0.05) is 48.3 Å². The summed E-state index contributed by atoms with van der Waals surface area (Å²) < 4.78 is 3.57. The van der Waals surface area contributed by atoms with Crippen LogP contribution in [0.5, 0.6) is 0 Å². The molecular formula is C56H35BrN2. The van der Waals surface area contributed by atoms with Crippen molar-refractivity contribution < 1.29 is 0 Å². The van der Waals surface area contributed by atoms with Gasteiger partial charge in [-0.05, 0) is 91.3 Å². The molecule has 0 aliphatic heterocycles. The first-order valence-corrected chi connectivity index (χ1v) is 20.9. The van der Waals surface area contributed by atoms with Gasteiger partial charge in [0.25, 0.3) is 0 Å². The van der Waals surface area contributed by atoms with Gasteiger partial charge >= 0.3 is 0 Å². The normalized spacial score (nSPS) is 11.8. The molecule has 2 aromatic heterocycles. The number of H-pyrrole nitrogens is 1. The molecule has 0 amide bonds. The Hall–Kier alpha value is -7.20. The lowest BCUT2D eigenvalue weighted by Gasteiger charge is -2.11. The highest BCUT2D eigenvalue weighted by molar-refractivity contribution is 9.10. The van der Waals surface area contributed by atoms with E-state index < -0.39 is 0 Å². The first-order chi connectivity index (χ1) is 29.2. The van der Waals surface area contributed by atoms with Crippen LogP contribution in [0.4, 0.5) is 0 Å². The molecule has 2 nitrogen and oxygen atoms in total. The van der Waals surface area contributed by atoms with Crippen molar-refractivity contribution in [2.75, 3.05) is 0 Å². The molecule has 1 N–H and O–H groups in total. The van der Waals surface area contributed by atoms with Gasteiger partial charge in [0.2, 0.25) is 0 Å². The third kappa shape index (κ3) is 5.18. The van der Waals surface area contributed by atoms with Crippen LogP contribution in [0.1, 0.15) is 0 Å². The molecule has 2 heterocycles. The molecule has 10 aromatic carbocycles. The Bertz CT molecular complexity index is 3600. The standard InChI is InChI=1S/C28H17N.C22H13N.C6H5Br/c1-2-10-19(11-3-1)29-25-15-5-4-12-20(25)23-17-16-22-21-13-6-8-18-9-7-14-24(26(18)21)27(22)28(23)29;1-2-10-19-14(7-1)17-12-11-16-15-8-3-5-13-6-4-9-18(20(13)15)21(16)22(17)23-19;7-6-4-2-1-3-5-6/h1-17H;1-12,23H;1-5H. The van der Waals surface area contributed by atoms with E-state index in [-0.39, 0.29) is 0 Å². The Morgan fingerprint density at radius 2 is 0.881 bits per heavy atom. The second kappa shape index (κ2) is 13.4. The van der Waals surface area contributed by atoms with E-state index in [1.807, 2.05) is 30.3 Å². The van der Waals surface area contributed by atoms with Crippen LogP contribution in [0, 0.1) is 0 Å². The molecule has 0 bridgehead atoms. The number of rotatable bonds is 1. The van der Waals surface area contributed by atoms with Gasteiger partial charge in [0.15, 0.2) is 0 Å². The summed E-state index contributed by atoms with van der Waals surface area (Å²) in [6.45, 7) is 0. The fourth-order valence-electron chi connectivity index (χ4n) is 9.78. The van der Waals surface area contributed by atoms with Crippen LogP contribution in [0.2, 0.25) is 0 Å². The molecule has 0 saturated heterocycles. The summed E-state index contributed by atoms with van der Waals surface area (Å²) in [6, 6.07) is 73.7. The molecule has 276 valence electrons. The molecule has 0 fully saturated rings. The number of fused-ring (bicyclic) bond motifs is 14. The van der Waals surface area contributed by atoms with Crippen molar-refractivity contribution in [3.8, 4) is 50.2 Å². The number of aromatic nitrogens is 2. The van der Waals surface area contributed by atoms with Gasteiger partial charge in [-0.3, -0.25) is 0 Å². The third-order valence-electron chi connectivity index (χ3n) is 12.2. The first kappa shape index (κ1) is 33.9. The topological polar surface area (TPSA) is 20.7 Å². The highest BCUT2D eigenvalue weighted by atomic mass is 79.9. The molecule has 3 heteroatoms. The van der Waals surface area contributed by atoms with Crippen LogP contribution >= 0.6 is 15.9 Å². The SMILES string of the molecule is Brc1ccccc1.c1cc2c3c(cccc3c1)-c1c-2ccc2c1[nH]c1ccccc12.c1ccc(-n2c3ccccc3c3ccc4c(c32)-c2cccc3cccc-4c23)cc1. The van der Waals surface area contributed by atoms with E-state index in [0.717, 1.165) is 4.47 Å². The predicted molar refractivity (Wildman–Crippen MR) is 255 cm³/mol. The molecule has 0 spiro atoms. The lowest BCUT2D eigenvalue weighted by atomic mass is 10.0. The number of nitrogens with one attached hydrogen (secondary N) is 1. The fourth-order valence-corrected chi connectivity index (χ4v) is 10.1. The molecule has 14 rings (SSSR count). The quantitative estimate of drug-likeness (QED) is 0.170. The molecule has 0 atom stereocenters. The monoisotopic (exact) mass is 814 g/mol. The van der Waals surface area contributed by atoms with Crippen molar-refractivity contribution in [2.24, 2.45) is 0 Å². The maximum atomic E-state index is 3.66. The van der Waals surface area contributed by atoms with E-state index >= 15 is 0 Å². The highest BCUT2D eigenvalue weighted by Crippen LogP contribution is 2.53. The minimum absolute atomic E-state index is 1.13. The second-order valence-electron chi connectivity index (χ2n) is 15.4. The van der Waals surface area contributed by atoms with Crippen LogP contribution in [-0.4, -0.2) is 9.55 Å². The predicted octanol–water partition coefficient (Wildman–Crippen LogP) is 16.2. The van der Waals surface area contributed by atoms with Crippen molar-refractivity contribution in [1.29, 1.82) is 0 Å². The van der Waals surface area contributed by atoms with E-state index in [1.165, 1.54) is 115 Å². The molecule has 2 aliphatic rings. The number of hydrogen-bond donors (Lipinski definition) is 1. The van der Waals surface area contributed by atoms with E-state index in [2.05, 4.69) is 201 Å². The van der Waals surface area contributed by atoms with E-state index in [4.69, 9.17) is 0 Å². The zero-order chi connectivity index (χ0) is 39.0. The summed E-state index contributed by atoms with van der Waals surface area (Å²) >= 11 is 3.31. The summed E-state index contributed by atoms with van der Waals surface area (Å²) in [4.78, 5) is 3.66. The van der Waals surface area contributed by atoms with Crippen LogP contribution in [0.3, 0.4) is 0 Å². The summed E-state index contributed by atoms with van der Waals surface area (Å²) in [7, 11) is 0. The number of hydrogen-bond acceptors (Lipinski definition) is 0. The second-order valence-corrected chi connectivity index (χ2v) is 16.3. The van der Waals surface area contributed by atoms with Crippen molar-refractivity contribution >= 4 is 81.1 Å². The lowest BCUT2D eigenvalue weighted by molar-refractivity contribution is 1.18. The van der Waals surface area contributed by atoms with Gasteiger partial charge < -0.3 is 9.55 Å². The summed E-state index contributed by atoms with van der Waals surface area (Å²) in [5.41, 5.74) is 17.0. The largest absolute Gasteiger partial charge is 0.354 e. The molecular weight excluding hydrogens is 781 g/mol. The smallest absolute Gasteiger partial charge is 0.0625 e. The summed E-state index contributed by atoms with van der Waals surface area (Å²) in [6.07, 6.45) is 0. The number of benzene rings is 10. The molecule has 0 radical (unpaired) electrons. The highest BCUT2D eigenvalue weighted by Gasteiger charge is 2.27. The molecule has 12 aromatic rings. The van der Waals surface area contributed by atoms with Gasteiger partial charge in [-0.15, -0.1) is 0 Å². The Morgan fingerprint density at radius 3 is 1.53 bits per heavy atom. The number of aromatic amines is 1. The van der Waals surface area contributed by atoms with Crippen molar-refractivity contribution in [2.45, 2.75) is 0 Å². The van der Waals surface area contributed by atoms with Crippen molar-refractivity contribution in [1.82, 2.24) is 9.55 Å². The number of para-hydroxylation sites is 3. The Kier molecular flexibility index (Phi) is 7.72.